The maximum absolute atomic E-state index is 13.7. The minimum absolute atomic E-state index is 0.139. The predicted molar refractivity (Wildman–Crippen MR) is 79.9 cm³/mol. The Balaban J connectivity index is 2.17. The Hall–Kier alpha value is -1.58. The lowest BCUT2D eigenvalue weighted by atomic mass is 9.92. The first-order valence-corrected chi connectivity index (χ1v) is 6.79. The van der Waals surface area contributed by atoms with Crippen LogP contribution in [0.3, 0.4) is 0 Å². The van der Waals surface area contributed by atoms with Gasteiger partial charge in [-0.05, 0) is 48.4 Å². The van der Waals surface area contributed by atoms with Gasteiger partial charge in [-0.2, -0.15) is 0 Å². The smallest absolute Gasteiger partial charge is 0.165 e. The van der Waals surface area contributed by atoms with Gasteiger partial charge in [-0.1, -0.05) is 29.8 Å². The van der Waals surface area contributed by atoms with Gasteiger partial charge in [0, 0.05) is 10.9 Å². The normalized spacial score (nSPS) is 12.2. The minimum atomic E-state index is -0.350. The SMILES string of the molecule is COc1ccc(CC(CN)c2ccc(Cl)cc2)cc1F. The molecular formula is C16H17ClFNO. The third kappa shape index (κ3) is 3.50. The highest BCUT2D eigenvalue weighted by Crippen LogP contribution is 2.24. The van der Waals surface area contributed by atoms with Gasteiger partial charge in [0.2, 0.25) is 0 Å². The maximum atomic E-state index is 13.7. The average molecular weight is 294 g/mol. The number of methoxy groups -OCH3 is 1. The molecule has 0 heterocycles. The van der Waals surface area contributed by atoms with Crippen molar-refractivity contribution in [2.75, 3.05) is 13.7 Å². The fraction of sp³-hybridized carbons (Fsp3) is 0.250. The van der Waals surface area contributed by atoms with Gasteiger partial charge in [-0.15, -0.1) is 0 Å². The Labute approximate surface area is 123 Å². The summed E-state index contributed by atoms with van der Waals surface area (Å²) in [5.41, 5.74) is 7.84. The summed E-state index contributed by atoms with van der Waals surface area (Å²) >= 11 is 5.88. The summed E-state index contributed by atoms with van der Waals surface area (Å²) in [7, 11) is 1.45. The van der Waals surface area contributed by atoms with E-state index in [0.717, 1.165) is 11.1 Å². The van der Waals surface area contributed by atoms with Crippen LogP contribution in [0.15, 0.2) is 42.5 Å². The van der Waals surface area contributed by atoms with Crippen LogP contribution >= 0.6 is 11.6 Å². The van der Waals surface area contributed by atoms with Crippen molar-refractivity contribution < 1.29 is 9.13 Å². The summed E-state index contributed by atoms with van der Waals surface area (Å²) in [5, 5.41) is 0.694. The highest BCUT2D eigenvalue weighted by molar-refractivity contribution is 6.30. The topological polar surface area (TPSA) is 35.2 Å². The second-order valence-electron chi connectivity index (χ2n) is 4.66. The Morgan fingerprint density at radius 3 is 2.45 bits per heavy atom. The van der Waals surface area contributed by atoms with Crippen LogP contribution in [0.4, 0.5) is 4.39 Å². The van der Waals surface area contributed by atoms with Crippen molar-refractivity contribution in [2.45, 2.75) is 12.3 Å². The molecule has 4 heteroatoms. The molecule has 0 aromatic heterocycles. The van der Waals surface area contributed by atoms with Crippen LogP contribution in [0.2, 0.25) is 5.02 Å². The molecule has 0 aliphatic carbocycles. The zero-order valence-electron chi connectivity index (χ0n) is 11.3. The van der Waals surface area contributed by atoms with E-state index >= 15 is 0 Å². The van der Waals surface area contributed by atoms with E-state index in [1.165, 1.54) is 13.2 Å². The molecule has 0 spiro atoms. The van der Waals surface area contributed by atoms with E-state index < -0.39 is 0 Å². The molecule has 106 valence electrons. The molecule has 20 heavy (non-hydrogen) atoms. The van der Waals surface area contributed by atoms with Crippen molar-refractivity contribution in [2.24, 2.45) is 5.73 Å². The summed E-state index contributed by atoms with van der Waals surface area (Å²) in [6.07, 6.45) is 0.680. The van der Waals surface area contributed by atoms with Gasteiger partial charge in [0.15, 0.2) is 11.6 Å². The number of benzene rings is 2. The molecular weight excluding hydrogens is 277 g/mol. The van der Waals surface area contributed by atoms with E-state index in [1.54, 1.807) is 6.07 Å². The van der Waals surface area contributed by atoms with Gasteiger partial charge < -0.3 is 10.5 Å². The fourth-order valence-electron chi connectivity index (χ4n) is 2.19. The van der Waals surface area contributed by atoms with Gasteiger partial charge in [-0.25, -0.2) is 4.39 Å². The molecule has 0 aliphatic rings. The van der Waals surface area contributed by atoms with Crippen molar-refractivity contribution >= 4 is 11.6 Å². The summed E-state index contributed by atoms with van der Waals surface area (Å²) in [6, 6.07) is 12.6. The number of halogens is 2. The van der Waals surface area contributed by atoms with Crippen LogP contribution < -0.4 is 10.5 Å². The fourth-order valence-corrected chi connectivity index (χ4v) is 2.32. The molecule has 2 N–H and O–H groups in total. The van der Waals surface area contributed by atoms with Crippen LogP contribution in [-0.2, 0) is 6.42 Å². The standard InChI is InChI=1S/C16H17ClFNO/c1-20-16-7-2-11(9-15(16)18)8-13(10-19)12-3-5-14(17)6-4-12/h2-7,9,13H,8,10,19H2,1H3. The molecule has 2 aromatic carbocycles. The largest absolute Gasteiger partial charge is 0.494 e. The average Bonchev–Trinajstić information content (AvgIpc) is 2.46. The van der Waals surface area contributed by atoms with Crippen molar-refractivity contribution in [1.29, 1.82) is 0 Å². The first-order valence-electron chi connectivity index (χ1n) is 6.42. The molecule has 2 aromatic rings. The number of hydrogen-bond acceptors (Lipinski definition) is 2. The number of hydrogen-bond donors (Lipinski definition) is 1. The van der Waals surface area contributed by atoms with E-state index in [4.69, 9.17) is 22.1 Å². The van der Waals surface area contributed by atoms with Crippen LogP contribution in [0, 0.1) is 5.82 Å². The number of ether oxygens (including phenoxy) is 1. The van der Waals surface area contributed by atoms with Crippen molar-refractivity contribution in [3.63, 3.8) is 0 Å². The van der Waals surface area contributed by atoms with Crippen LogP contribution in [0.25, 0.3) is 0 Å². The van der Waals surface area contributed by atoms with E-state index in [-0.39, 0.29) is 17.5 Å². The third-order valence-corrected chi connectivity index (χ3v) is 3.58. The first kappa shape index (κ1) is 14.8. The molecule has 0 amide bonds. The monoisotopic (exact) mass is 293 g/mol. The maximum Gasteiger partial charge on any atom is 0.165 e. The summed E-state index contributed by atoms with van der Waals surface area (Å²) in [4.78, 5) is 0. The highest BCUT2D eigenvalue weighted by Gasteiger charge is 2.12. The first-order chi connectivity index (χ1) is 9.63. The summed E-state index contributed by atoms with van der Waals surface area (Å²) < 4.78 is 18.6. The predicted octanol–water partition coefficient (Wildman–Crippen LogP) is 3.77. The lowest BCUT2D eigenvalue weighted by Gasteiger charge is -2.16. The van der Waals surface area contributed by atoms with Gasteiger partial charge in [0.1, 0.15) is 0 Å². The quantitative estimate of drug-likeness (QED) is 0.911. The Morgan fingerprint density at radius 1 is 1.20 bits per heavy atom. The van der Waals surface area contributed by atoms with Gasteiger partial charge in [0.05, 0.1) is 7.11 Å². The Kier molecular flexibility index (Phi) is 4.99. The molecule has 0 saturated carbocycles. The lowest BCUT2D eigenvalue weighted by molar-refractivity contribution is 0.386. The van der Waals surface area contributed by atoms with E-state index in [0.29, 0.717) is 18.0 Å². The van der Waals surface area contributed by atoms with E-state index in [2.05, 4.69) is 0 Å². The van der Waals surface area contributed by atoms with Crippen molar-refractivity contribution in [3.05, 3.63) is 64.4 Å². The zero-order chi connectivity index (χ0) is 14.5. The van der Waals surface area contributed by atoms with Crippen LogP contribution in [-0.4, -0.2) is 13.7 Å². The van der Waals surface area contributed by atoms with Gasteiger partial charge in [0.25, 0.3) is 0 Å². The molecule has 2 rings (SSSR count). The third-order valence-electron chi connectivity index (χ3n) is 3.32. The lowest BCUT2D eigenvalue weighted by Crippen LogP contribution is -2.15. The van der Waals surface area contributed by atoms with E-state index in [9.17, 15) is 4.39 Å². The molecule has 0 aliphatic heterocycles. The molecule has 1 atom stereocenters. The second kappa shape index (κ2) is 6.73. The zero-order valence-corrected chi connectivity index (χ0v) is 12.0. The van der Waals surface area contributed by atoms with Gasteiger partial charge in [-0.3, -0.25) is 0 Å². The molecule has 2 nitrogen and oxygen atoms in total. The molecule has 1 unspecified atom stereocenters. The number of nitrogens with two attached hydrogens (primary N) is 1. The summed E-state index contributed by atoms with van der Waals surface area (Å²) in [6.45, 7) is 0.495. The second-order valence-corrected chi connectivity index (χ2v) is 5.09. The number of rotatable bonds is 5. The van der Waals surface area contributed by atoms with Gasteiger partial charge >= 0.3 is 0 Å². The molecule has 0 fully saturated rings. The van der Waals surface area contributed by atoms with Crippen molar-refractivity contribution in [1.82, 2.24) is 0 Å². The Morgan fingerprint density at radius 2 is 1.90 bits per heavy atom. The highest BCUT2D eigenvalue weighted by atomic mass is 35.5. The van der Waals surface area contributed by atoms with Crippen LogP contribution in [0.1, 0.15) is 17.0 Å². The minimum Gasteiger partial charge on any atom is -0.494 e. The Bertz CT molecular complexity index is 571. The summed E-state index contributed by atoms with van der Waals surface area (Å²) in [5.74, 6) is 0.0430. The van der Waals surface area contributed by atoms with E-state index in [1.807, 2.05) is 30.3 Å². The molecule has 0 saturated heterocycles. The molecule has 0 bridgehead atoms. The van der Waals surface area contributed by atoms with Crippen molar-refractivity contribution in [3.8, 4) is 5.75 Å². The van der Waals surface area contributed by atoms with Crippen LogP contribution in [0.5, 0.6) is 5.75 Å². The molecule has 0 radical (unpaired) electrons.